The predicted molar refractivity (Wildman–Crippen MR) is 66.9 cm³/mol. The third-order valence-corrected chi connectivity index (χ3v) is 2.85. The van der Waals surface area contributed by atoms with Gasteiger partial charge in [-0.15, -0.1) is 0 Å². The second kappa shape index (κ2) is 6.44. The molecule has 0 saturated carbocycles. The summed E-state index contributed by atoms with van der Waals surface area (Å²) in [5.74, 6) is -1.69. The Labute approximate surface area is 108 Å². The molecule has 3 N–H and O–H groups in total. The van der Waals surface area contributed by atoms with Crippen molar-refractivity contribution in [3.05, 3.63) is 22.4 Å². The van der Waals surface area contributed by atoms with E-state index >= 15 is 0 Å². The van der Waals surface area contributed by atoms with Crippen LogP contribution in [0.2, 0.25) is 0 Å². The topological polar surface area (TPSA) is 82.2 Å². The van der Waals surface area contributed by atoms with Crippen molar-refractivity contribution in [2.75, 3.05) is 6.54 Å². The summed E-state index contributed by atoms with van der Waals surface area (Å²) in [6.07, 6.45) is 2.99. The molecule has 1 aromatic heterocycles. The van der Waals surface area contributed by atoms with E-state index in [1.165, 1.54) is 0 Å². The van der Waals surface area contributed by atoms with Crippen LogP contribution in [0.5, 0.6) is 0 Å². The normalized spacial score (nSPS) is 12.1. The molecule has 1 rings (SSSR count). The van der Waals surface area contributed by atoms with Crippen molar-refractivity contribution in [2.24, 2.45) is 5.92 Å². The predicted octanol–water partition coefficient (Wildman–Crippen LogP) is 2.01. The SMILES string of the molecule is CCCC(CNC(=O)c1cc(Br)c[nH]1)C(=O)O. The molecule has 1 amide bonds. The van der Waals surface area contributed by atoms with E-state index in [1.807, 2.05) is 6.92 Å². The number of carboxylic acids is 1. The monoisotopic (exact) mass is 302 g/mol. The molecule has 5 nitrogen and oxygen atoms in total. The van der Waals surface area contributed by atoms with E-state index in [2.05, 4.69) is 26.2 Å². The number of carboxylic acid groups (broad SMARTS) is 1. The summed E-state index contributed by atoms with van der Waals surface area (Å²) in [5, 5.41) is 11.5. The van der Waals surface area contributed by atoms with Crippen LogP contribution in [0.1, 0.15) is 30.3 Å². The average Bonchev–Trinajstić information content (AvgIpc) is 2.70. The van der Waals surface area contributed by atoms with E-state index in [-0.39, 0.29) is 12.5 Å². The lowest BCUT2D eigenvalue weighted by Crippen LogP contribution is -2.33. The molecule has 0 aromatic carbocycles. The van der Waals surface area contributed by atoms with Crippen molar-refractivity contribution in [1.29, 1.82) is 0 Å². The summed E-state index contributed by atoms with van der Waals surface area (Å²) >= 11 is 3.22. The van der Waals surface area contributed by atoms with Crippen molar-refractivity contribution in [3.63, 3.8) is 0 Å². The standard InChI is InChI=1S/C11H15BrN2O3/c1-2-3-7(11(16)17)5-14-10(15)9-4-8(12)6-13-9/h4,6-7,13H,2-3,5H2,1H3,(H,14,15)(H,16,17). The van der Waals surface area contributed by atoms with Crippen LogP contribution in [0.3, 0.4) is 0 Å². The van der Waals surface area contributed by atoms with Crippen molar-refractivity contribution in [1.82, 2.24) is 10.3 Å². The molecule has 1 unspecified atom stereocenters. The molecule has 0 bridgehead atoms. The highest BCUT2D eigenvalue weighted by Crippen LogP contribution is 2.11. The van der Waals surface area contributed by atoms with Crippen LogP contribution in [0.15, 0.2) is 16.7 Å². The molecular weight excluding hydrogens is 288 g/mol. The van der Waals surface area contributed by atoms with Gasteiger partial charge >= 0.3 is 5.97 Å². The fourth-order valence-corrected chi connectivity index (χ4v) is 1.81. The van der Waals surface area contributed by atoms with Gasteiger partial charge in [-0.25, -0.2) is 0 Å². The second-order valence-corrected chi connectivity index (χ2v) is 4.68. The van der Waals surface area contributed by atoms with Crippen LogP contribution in [-0.2, 0) is 4.79 Å². The van der Waals surface area contributed by atoms with Gasteiger partial charge in [0.15, 0.2) is 0 Å². The number of rotatable bonds is 6. The first-order valence-electron chi connectivity index (χ1n) is 5.39. The van der Waals surface area contributed by atoms with Crippen molar-refractivity contribution in [2.45, 2.75) is 19.8 Å². The summed E-state index contributed by atoms with van der Waals surface area (Å²) < 4.78 is 0.783. The number of H-pyrrole nitrogens is 1. The van der Waals surface area contributed by atoms with Gasteiger partial charge in [-0.2, -0.15) is 0 Å². The second-order valence-electron chi connectivity index (χ2n) is 3.77. The number of hydrogen-bond donors (Lipinski definition) is 3. The summed E-state index contributed by atoms with van der Waals surface area (Å²) in [6.45, 7) is 2.07. The molecule has 0 fully saturated rings. The van der Waals surface area contributed by atoms with Crippen LogP contribution < -0.4 is 5.32 Å². The number of nitrogens with one attached hydrogen (secondary N) is 2. The molecule has 0 aliphatic rings. The van der Waals surface area contributed by atoms with Gasteiger partial charge in [-0.05, 0) is 28.4 Å². The van der Waals surface area contributed by atoms with Crippen LogP contribution in [0, 0.1) is 5.92 Å². The molecule has 17 heavy (non-hydrogen) atoms. The van der Waals surface area contributed by atoms with E-state index in [1.54, 1.807) is 12.3 Å². The van der Waals surface area contributed by atoms with Gasteiger partial charge in [-0.3, -0.25) is 9.59 Å². The lowest BCUT2D eigenvalue weighted by molar-refractivity contribution is -0.141. The fourth-order valence-electron chi connectivity index (χ4n) is 1.47. The molecule has 1 atom stereocenters. The fraction of sp³-hybridized carbons (Fsp3) is 0.455. The van der Waals surface area contributed by atoms with Gasteiger partial charge in [0.25, 0.3) is 5.91 Å². The van der Waals surface area contributed by atoms with Crippen molar-refractivity contribution < 1.29 is 14.7 Å². The maximum absolute atomic E-state index is 11.6. The van der Waals surface area contributed by atoms with E-state index in [9.17, 15) is 9.59 Å². The highest BCUT2D eigenvalue weighted by atomic mass is 79.9. The lowest BCUT2D eigenvalue weighted by atomic mass is 10.0. The zero-order valence-corrected chi connectivity index (χ0v) is 11.1. The molecule has 0 saturated heterocycles. The van der Waals surface area contributed by atoms with Gasteiger partial charge in [0.05, 0.1) is 5.92 Å². The zero-order valence-electron chi connectivity index (χ0n) is 9.50. The number of halogens is 1. The number of amides is 1. The number of carbonyl (C=O) groups excluding carboxylic acids is 1. The molecule has 1 heterocycles. The minimum atomic E-state index is -0.875. The highest BCUT2D eigenvalue weighted by Gasteiger charge is 2.18. The molecule has 94 valence electrons. The first-order chi connectivity index (χ1) is 8.04. The number of carbonyl (C=O) groups is 2. The van der Waals surface area contributed by atoms with E-state index in [4.69, 9.17) is 5.11 Å². The Morgan fingerprint density at radius 2 is 2.29 bits per heavy atom. The van der Waals surface area contributed by atoms with Crippen LogP contribution in [0.25, 0.3) is 0 Å². The first kappa shape index (κ1) is 13.8. The Hall–Kier alpha value is -1.30. The van der Waals surface area contributed by atoms with Crippen molar-refractivity contribution >= 4 is 27.8 Å². The summed E-state index contributed by atoms with van der Waals surface area (Å²) in [7, 11) is 0. The third-order valence-electron chi connectivity index (χ3n) is 2.39. The Bertz CT molecular complexity index is 403. The van der Waals surface area contributed by atoms with E-state index < -0.39 is 11.9 Å². The molecule has 0 spiro atoms. The third kappa shape index (κ3) is 4.22. The Morgan fingerprint density at radius 1 is 1.59 bits per heavy atom. The van der Waals surface area contributed by atoms with Gasteiger partial charge in [0, 0.05) is 17.2 Å². The van der Waals surface area contributed by atoms with Crippen LogP contribution >= 0.6 is 15.9 Å². The number of hydrogen-bond acceptors (Lipinski definition) is 2. The smallest absolute Gasteiger partial charge is 0.308 e. The maximum Gasteiger partial charge on any atom is 0.308 e. The quantitative estimate of drug-likeness (QED) is 0.752. The molecular formula is C11H15BrN2O3. The molecule has 1 aromatic rings. The summed E-state index contributed by atoms with van der Waals surface area (Å²) in [4.78, 5) is 25.3. The summed E-state index contributed by atoms with van der Waals surface area (Å²) in [6, 6.07) is 1.64. The number of aromatic amines is 1. The number of aromatic nitrogens is 1. The molecule has 6 heteroatoms. The van der Waals surface area contributed by atoms with Crippen LogP contribution in [-0.4, -0.2) is 28.5 Å². The average molecular weight is 303 g/mol. The Morgan fingerprint density at radius 3 is 2.76 bits per heavy atom. The Kier molecular flexibility index (Phi) is 5.21. The lowest BCUT2D eigenvalue weighted by Gasteiger charge is -2.11. The van der Waals surface area contributed by atoms with Gasteiger partial charge in [0.1, 0.15) is 5.69 Å². The van der Waals surface area contributed by atoms with E-state index in [0.29, 0.717) is 12.1 Å². The Balaban J connectivity index is 2.49. The highest BCUT2D eigenvalue weighted by molar-refractivity contribution is 9.10. The van der Waals surface area contributed by atoms with Gasteiger partial charge < -0.3 is 15.4 Å². The van der Waals surface area contributed by atoms with Gasteiger partial charge in [-0.1, -0.05) is 13.3 Å². The zero-order chi connectivity index (χ0) is 12.8. The molecule has 0 aliphatic heterocycles. The maximum atomic E-state index is 11.6. The molecule has 0 aliphatic carbocycles. The summed E-state index contributed by atoms with van der Waals surface area (Å²) in [5.41, 5.74) is 0.414. The van der Waals surface area contributed by atoms with Crippen molar-refractivity contribution in [3.8, 4) is 0 Å². The first-order valence-corrected chi connectivity index (χ1v) is 6.18. The van der Waals surface area contributed by atoms with E-state index in [0.717, 1.165) is 10.9 Å². The number of aliphatic carboxylic acids is 1. The molecule has 0 radical (unpaired) electrons. The van der Waals surface area contributed by atoms with Gasteiger partial charge in [0.2, 0.25) is 0 Å². The largest absolute Gasteiger partial charge is 0.481 e. The minimum Gasteiger partial charge on any atom is -0.481 e. The minimum absolute atomic E-state index is 0.151. The van der Waals surface area contributed by atoms with Crippen LogP contribution in [0.4, 0.5) is 0 Å².